The average molecular weight is 663 g/mol. The van der Waals surface area contributed by atoms with Crippen LogP contribution in [0.15, 0.2) is 77.1 Å². The Morgan fingerprint density at radius 1 is 1.08 bits per heavy atom. The van der Waals surface area contributed by atoms with Gasteiger partial charge in [-0.15, -0.1) is 0 Å². The number of nitrogens with zero attached hydrogens (tertiary/aromatic N) is 2. The molecule has 2 amide bonds. The van der Waals surface area contributed by atoms with Crippen molar-refractivity contribution >= 4 is 17.4 Å². The number of aromatic nitrogens is 1. The van der Waals surface area contributed by atoms with Gasteiger partial charge < -0.3 is 25.5 Å². The van der Waals surface area contributed by atoms with E-state index in [1.165, 1.54) is 24.6 Å². The third kappa shape index (κ3) is 8.46. The number of nitrogens with two attached hydrogens (primary N) is 1. The van der Waals surface area contributed by atoms with Gasteiger partial charge in [-0.05, 0) is 80.9 Å². The van der Waals surface area contributed by atoms with E-state index in [1.54, 1.807) is 17.1 Å². The van der Waals surface area contributed by atoms with Gasteiger partial charge in [0.25, 0.3) is 0 Å². The highest BCUT2D eigenvalue weighted by molar-refractivity contribution is 6.00. The molecule has 3 atom stereocenters. The molecule has 0 radical (unpaired) electrons. The monoisotopic (exact) mass is 662 g/mol. The lowest BCUT2D eigenvalue weighted by molar-refractivity contribution is -0.132. The van der Waals surface area contributed by atoms with E-state index in [0.717, 1.165) is 36.5 Å². The molecule has 1 unspecified atom stereocenters. The second-order valence-electron chi connectivity index (χ2n) is 13.2. The van der Waals surface area contributed by atoms with Gasteiger partial charge in [-0.1, -0.05) is 51.1 Å². The number of aryl methyl sites for hydroxylation is 1. The number of nitrogens with one attached hydrogen (secondary N) is 1. The molecule has 1 aromatic heterocycles. The fourth-order valence-electron chi connectivity index (χ4n) is 6.62. The Balaban J connectivity index is 1.82. The van der Waals surface area contributed by atoms with E-state index >= 15 is 0 Å². The van der Waals surface area contributed by atoms with Crippen molar-refractivity contribution < 1.29 is 27.9 Å². The number of carbonyl (C=O) groups is 2. The molecule has 8 nitrogen and oxygen atoms in total. The molecule has 4 N–H and O–H groups in total. The molecule has 3 aromatic rings. The number of hydrogen-bond donors (Lipinski definition) is 3. The summed E-state index contributed by atoms with van der Waals surface area (Å²) >= 11 is 0. The molecule has 2 aromatic carbocycles. The molecule has 0 fully saturated rings. The summed E-state index contributed by atoms with van der Waals surface area (Å²) in [6.45, 7) is 11.1. The first-order valence-electron chi connectivity index (χ1n) is 16.7. The van der Waals surface area contributed by atoms with Gasteiger partial charge in [0.05, 0.1) is 17.7 Å². The molecule has 1 heterocycles. The van der Waals surface area contributed by atoms with Crippen LogP contribution in [0.1, 0.15) is 76.5 Å². The van der Waals surface area contributed by atoms with Gasteiger partial charge in [-0.3, -0.25) is 9.59 Å². The van der Waals surface area contributed by atoms with Crippen LogP contribution in [-0.4, -0.2) is 52.5 Å². The van der Waals surface area contributed by atoms with E-state index in [2.05, 4.69) is 29.4 Å². The number of amides is 2. The number of aliphatic hydroxyl groups excluding tert-OH is 1. The Bertz CT molecular complexity index is 1610. The molecule has 4 rings (SSSR count). The molecule has 48 heavy (non-hydrogen) atoms. The minimum absolute atomic E-state index is 0.00775. The SMILES string of the molecule is CCCN(CCC)C(=O)C1=CC(c2ncco2)=CC(C(N)=O)([C@H](Cc2cc(F)cc(F)c2)[C@@H](O)CNC(C)(C)c2cccc(CC)c2)C1. The lowest BCUT2D eigenvalue weighted by Gasteiger charge is -2.42. The van der Waals surface area contributed by atoms with Crippen LogP contribution in [0.3, 0.4) is 0 Å². The normalized spacial score (nSPS) is 17.8. The molecule has 10 heteroatoms. The van der Waals surface area contributed by atoms with Crippen LogP contribution in [-0.2, 0) is 28.0 Å². The highest BCUT2D eigenvalue weighted by Gasteiger charge is 2.49. The van der Waals surface area contributed by atoms with Crippen molar-refractivity contribution in [2.75, 3.05) is 19.6 Å². The van der Waals surface area contributed by atoms with Crippen molar-refractivity contribution in [3.8, 4) is 0 Å². The van der Waals surface area contributed by atoms with Crippen molar-refractivity contribution in [1.29, 1.82) is 0 Å². The van der Waals surface area contributed by atoms with Gasteiger partial charge >= 0.3 is 0 Å². The van der Waals surface area contributed by atoms with Gasteiger partial charge in [0.2, 0.25) is 17.7 Å². The minimum Gasteiger partial charge on any atom is -0.445 e. The molecule has 0 bridgehead atoms. The fourth-order valence-corrected chi connectivity index (χ4v) is 6.62. The van der Waals surface area contributed by atoms with E-state index in [4.69, 9.17) is 10.2 Å². The van der Waals surface area contributed by atoms with Crippen LogP contribution in [0.5, 0.6) is 0 Å². The summed E-state index contributed by atoms with van der Waals surface area (Å²) in [6.07, 6.45) is 6.92. The number of rotatable bonds is 16. The topological polar surface area (TPSA) is 122 Å². The molecular formula is C38H48F2N4O4. The van der Waals surface area contributed by atoms with E-state index in [-0.39, 0.29) is 36.7 Å². The van der Waals surface area contributed by atoms with Gasteiger partial charge in [-0.2, -0.15) is 0 Å². The zero-order valence-corrected chi connectivity index (χ0v) is 28.6. The number of aliphatic hydroxyl groups is 1. The largest absolute Gasteiger partial charge is 0.445 e. The van der Waals surface area contributed by atoms with Gasteiger partial charge in [0.1, 0.15) is 17.9 Å². The molecule has 0 spiro atoms. The summed E-state index contributed by atoms with van der Waals surface area (Å²) in [4.78, 5) is 33.9. The summed E-state index contributed by atoms with van der Waals surface area (Å²) in [6, 6.07) is 11.3. The van der Waals surface area contributed by atoms with Crippen molar-refractivity contribution in [3.63, 3.8) is 0 Å². The van der Waals surface area contributed by atoms with Gasteiger partial charge in [0, 0.05) is 48.3 Å². The Hall–Kier alpha value is -4.15. The Kier molecular flexibility index (Phi) is 12.1. The third-order valence-electron chi connectivity index (χ3n) is 9.23. The van der Waals surface area contributed by atoms with Crippen LogP contribution < -0.4 is 11.1 Å². The number of hydrogen-bond acceptors (Lipinski definition) is 6. The first-order chi connectivity index (χ1) is 22.8. The summed E-state index contributed by atoms with van der Waals surface area (Å²) in [5, 5.41) is 15.5. The molecule has 0 saturated heterocycles. The lowest BCUT2D eigenvalue weighted by Crippen LogP contribution is -2.53. The molecule has 0 saturated carbocycles. The van der Waals surface area contributed by atoms with Crippen LogP contribution >= 0.6 is 0 Å². The second-order valence-corrected chi connectivity index (χ2v) is 13.2. The highest BCUT2D eigenvalue weighted by atomic mass is 19.1. The maximum atomic E-state index is 14.5. The summed E-state index contributed by atoms with van der Waals surface area (Å²) in [5.41, 5.74) is 7.08. The number of primary amides is 1. The van der Waals surface area contributed by atoms with Crippen molar-refractivity contribution in [2.24, 2.45) is 17.1 Å². The van der Waals surface area contributed by atoms with Crippen molar-refractivity contribution in [3.05, 3.63) is 107 Å². The predicted octanol–water partition coefficient (Wildman–Crippen LogP) is 6.09. The summed E-state index contributed by atoms with van der Waals surface area (Å²) < 4.78 is 34.6. The Morgan fingerprint density at radius 2 is 1.77 bits per heavy atom. The Labute approximate surface area is 282 Å². The zero-order valence-electron chi connectivity index (χ0n) is 28.6. The standard InChI is InChI=1S/C38H48F2N4O4/c1-6-13-44(14-7-2)35(46)28-20-27(34-42-12-15-48-34)22-38(23-28,36(41)47)32(19-26-17-30(39)21-31(40)18-26)33(45)24-43-37(4,5)29-11-9-10-25(8-3)16-29/h9-12,15-18,20-22,32-33,43,45H,6-8,13-14,19,23-24H2,1-5H3,(H2,41,47)/t32-,33+,38?/m1/s1. The summed E-state index contributed by atoms with van der Waals surface area (Å²) in [5.74, 6) is -3.48. The van der Waals surface area contributed by atoms with Crippen LogP contribution in [0.25, 0.3) is 5.57 Å². The maximum absolute atomic E-state index is 14.5. The van der Waals surface area contributed by atoms with E-state index in [0.29, 0.717) is 24.2 Å². The average Bonchev–Trinajstić information content (AvgIpc) is 3.60. The first kappa shape index (κ1) is 36.7. The van der Waals surface area contributed by atoms with Crippen molar-refractivity contribution in [2.45, 2.75) is 78.4 Å². The van der Waals surface area contributed by atoms with E-state index < -0.39 is 40.5 Å². The number of oxazole rings is 1. The zero-order chi connectivity index (χ0) is 35.1. The number of halogens is 2. The van der Waals surface area contributed by atoms with E-state index in [1.807, 2.05) is 39.8 Å². The van der Waals surface area contributed by atoms with Crippen LogP contribution in [0, 0.1) is 23.0 Å². The number of allylic oxidation sites excluding steroid dienone is 2. The quantitative estimate of drug-likeness (QED) is 0.171. The molecular weight excluding hydrogens is 614 g/mol. The number of carbonyl (C=O) groups excluding carboxylic acids is 2. The molecule has 1 aliphatic carbocycles. The van der Waals surface area contributed by atoms with E-state index in [9.17, 15) is 23.5 Å². The van der Waals surface area contributed by atoms with Crippen LogP contribution in [0.4, 0.5) is 8.78 Å². The summed E-state index contributed by atoms with van der Waals surface area (Å²) in [7, 11) is 0. The second kappa shape index (κ2) is 15.8. The maximum Gasteiger partial charge on any atom is 0.249 e. The third-order valence-corrected chi connectivity index (χ3v) is 9.23. The fraction of sp³-hybridized carbons (Fsp3) is 0.447. The lowest BCUT2D eigenvalue weighted by atomic mass is 9.63. The van der Waals surface area contributed by atoms with Gasteiger partial charge in [0.15, 0.2) is 0 Å². The van der Waals surface area contributed by atoms with Crippen molar-refractivity contribution in [1.82, 2.24) is 15.2 Å². The molecule has 0 aliphatic heterocycles. The Morgan fingerprint density at radius 3 is 2.35 bits per heavy atom. The first-order valence-corrected chi connectivity index (χ1v) is 16.7. The predicted molar refractivity (Wildman–Crippen MR) is 182 cm³/mol. The number of benzene rings is 2. The highest BCUT2D eigenvalue weighted by Crippen LogP contribution is 2.46. The smallest absolute Gasteiger partial charge is 0.249 e. The van der Waals surface area contributed by atoms with Crippen LogP contribution in [0.2, 0.25) is 0 Å². The molecule has 1 aliphatic rings. The van der Waals surface area contributed by atoms with Gasteiger partial charge in [-0.25, -0.2) is 13.8 Å². The minimum atomic E-state index is -1.66. The molecule has 258 valence electrons.